The van der Waals surface area contributed by atoms with Crippen molar-refractivity contribution < 1.29 is 33.4 Å². The van der Waals surface area contributed by atoms with Crippen LogP contribution in [0.4, 0.5) is 9.59 Å². The summed E-state index contributed by atoms with van der Waals surface area (Å²) in [6, 6.07) is 23.2. The molecule has 3 fully saturated rings. The molecule has 3 saturated heterocycles. The summed E-state index contributed by atoms with van der Waals surface area (Å²) in [7, 11) is 1.28. The van der Waals surface area contributed by atoms with Crippen LogP contribution in [0.1, 0.15) is 81.7 Å². The number of hydrazine groups is 1. The molecule has 8 rings (SSSR count). The largest absolute Gasteiger partial charge is 0.453 e. The molecule has 5 heterocycles. The van der Waals surface area contributed by atoms with Crippen LogP contribution in [0.15, 0.2) is 91.3 Å². The van der Waals surface area contributed by atoms with Crippen molar-refractivity contribution in [3.63, 3.8) is 0 Å². The van der Waals surface area contributed by atoms with Crippen LogP contribution in [0, 0.1) is 5.92 Å². The standard InChI is InChI=1S/C46H51N9O7/c1-28(2)40(52-45(59)61-3)44(58)53-23-7-11-37(53)41-47-25-35(49-41)32-17-13-30(14-18-32)31-15-19-33(20-16-31)36-26-48-42(50-36)38-12-8-24-54-39(56)22-21-34(43(57)55(38)54)51-46(60)62-27-29-9-5-4-6-10-29/h4-6,9-10,13-20,25-26,28,34,37-38,40H,7-8,11-12,21-24,27H2,1-3H3,(H,47,49)(H,48,50)(H,51,60)(H,52,59)/t34-,37-,38-,40-/m0/s1. The molecule has 5 amide bonds. The fourth-order valence-corrected chi connectivity index (χ4v) is 8.51. The molecular weight excluding hydrogens is 791 g/mol. The number of nitrogens with zero attached hydrogens (tertiary/aromatic N) is 5. The number of aromatic amines is 2. The molecule has 3 aromatic carbocycles. The van der Waals surface area contributed by atoms with Crippen LogP contribution < -0.4 is 10.6 Å². The first-order valence-corrected chi connectivity index (χ1v) is 21.1. The van der Waals surface area contributed by atoms with Gasteiger partial charge in [0.2, 0.25) is 11.8 Å². The number of likely N-dealkylation sites (tertiary alicyclic amines) is 1. The summed E-state index contributed by atoms with van der Waals surface area (Å²) >= 11 is 0. The smallest absolute Gasteiger partial charge is 0.408 e. The van der Waals surface area contributed by atoms with E-state index in [2.05, 4.69) is 42.7 Å². The Morgan fingerprint density at radius 2 is 1.34 bits per heavy atom. The highest BCUT2D eigenvalue weighted by atomic mass is 16.5. The van der Waals surface area contributed by atoms with E-state index in [4.69, 9.17) is 9.47 Å². The van der Waals surface area contributed by atoms with Gasteiger partial charge in [0, 0.05) is 19.5 Å². The predicted octanol–water partition coefficient (Wildman–Crippen LogP) is 6.67. The number of benzene rings is 3. The van der Waals surface area contributed by atoms with E-state index in [1.54, 1.807) is 17.3 Å². The number of rotatable bonds is 11. The van der Waals surface area contributed by atoms with Gasteiger partial charge < -0.3 is 35.0 Å². The third-order valence-electron chi connectivity index (χ3n) is 11.8. The Labute approximate surface area is 359 Å². The highest BCUT2D eigenvalue weighted by molar-refractivity contribution is 5.91. The van der Waals surface area contributed by atoms with Gasteiger partial charge >= 0.3 is 12.2 Å². The molecule has 2 aromatic heterocycles. The maximum absolute atomic E-state index is 14.0. The third kappa shape index (κ3) is 8.90. The first-order chi connectivity index (χ1) is 30.1. The summed E-state index contributed by atoms with van der Waals surface area (Å²) in [5.74, 6) is 0.441. The second-order valence-electron chi connectivity index (χ2n) is 16.2. The molecule has 0 bridgehead atoms. The monoisotopic (exact) mass is 841 g/mol. The van der Waals surface area contributed by atoms with Gasteiger partial charge in [0.25, 0.3) is 5.91 Å². The molecule has 3 aliphatic heterocycles. The van der Waals surface area contributed by atoms with E-state index in [1.165, 1.54) is 17.1 Å². The number of carbonyl (C=O) groups is 5. The van der Waals surface area contributed by atoms with Crippen LogP contribution >= 0.6 is 0 Å². The van der Waals surface area contributed by atoms with E-state index in [9.17, 15) is 24.0 Å². The van der Waals surface area contributed by atoms with E-state index in [1.807, 2.05) is 80.6 Å². The molecule has 0 aliphatic carbocycles. The second kappa shape index (κ2) is 18.3. The zero-order valence-electron chi connectivity index (χ0n) is 35.0. The number of carbonyl (C=O) groups excluding carboxylic acids is 5. The maximum Gasteiger partial charge on any atom is 0.408 e. The number of nitrogens with one attached hydrogen (secondary N) is 4. The van der Waals surface area contributed by atoms with E-state index in [0.717, 1.165) is 52.0 Å². The van der Waals surface area contributed by atoms with Crippen molar-refractivity contribution in [2.24, 2.45) is 5.92 Å². The van der Waals surface area contributed by atoms with Gasteiger partial charge in [-0.05, 0) is 65.8 Å². The van der Waals surface area contributed by atoms with Gasteiger partial charge in [0.05, 0.1) is 36.9 Å². The lowest BCUT2D eigenvalue weighted by Gasteiger charge is -2.43. The Morgan fingerprint density at radius 1 is 0.758 bits per heavy atom. The van der Waals surface area contributed by atoms with Crippen LogP contribution in [0.25, 0.3) is 33.6 Å². The quantitative estimate of drug-likeness (QED) is 0.112. The van der Waals surface area contributed by atoms with E-state index >= 15 is 0 Å². The number of fused-ring (bicyclic) bond motifs is 1. The van der Waals surface area contributed by atoms with Gasteiger partial charge in [-0.25, -0.2) is 24.6 Å². The molecule has 16 heteroatoms. The van der Waals surface area contributed by atoms with Gasteiger partial charge in [-0.1, -0.05) is 92.7 Å². The zero-order chi connectivity index (χ0) is 43.3. The van der Waals surface area contributed by atoms with Crippen molar-refractivity contribution in [1.29, 1.82) is 0 Å². The Hall–Kier alpha value is -6.97. The minimum atomic E-state index is -0.928. The van der Waals surface area contributed by atoms with Crippen molar-refractivity contribution in [3.05, 3.63) is 108 Å². The molecule has 16 nitrogen and oxygen atoms in total. The minimum Gasteiger partial charge on any atom is -0.453 e. The molecule has 4 N–H and O–H groups in total. The van der Waals surface area contributed by atoms with E-state index < -0.39 is 30.3 Å². The molecule has 0 saturated carbocycles. The molecule has 5 aromatic rings. The van der Waals surface area contributed by atoms with Crippen molar-refractivity contribution in [1.82, 2.24) is 45.5 Å². The Morgan fingerprint density at radius 3 is 1.95 bits per heavy atom. The number of ether oxygens (including phenoxy) is 2. The SMILES string of the molecule is COC(=O)N[C@H](C(=O)N1CCC[C@H]1c1ncc(-c2ccc(-c3ccc(-c4cnc([C@@H]5CCCN6C(=O)CC[C@H](NC(=O)OCc7ccccc7)C(=O)N56)[nH]4)cc3)cc2)[nH]1)C(C)C. The number of amides is 5. The number of imidazole rings is 2. The second-order valence-corrected chi connectivity index (χ2v) is 16.2. The Balaban J connectivity index is 0.916. The molecule has 0 unspecified atom stereocenters. The predicted molar refractivity (Wildman–Crippen MR) is 228 cm³/mol. The minimum absolute atomic E-state index is 0.0626. The number of methoxy groups -OCH3 is 1. The van der Waals surface area contributed by atoms with Gasteiger partial charge in [0.1, 0.15) is 36.4 Å². The zero-order valence-corrected chi connectivity index (χ0v) is 35.0. The summed E-state index contributed by atoms with van der Waals surface area (Å²) in [6.45, 7) is 4.84. The normalized spacial score (nSPS) is 19.5. The summed E-state index contributed by atoms with van der Waals surface area (Å²) in [4.78, 5) is 83.6. The fraction of sp³-hybridized carbons (Fsp3) is 0.370. The van der Waals surface area contributed by atoms with Crippen LogP contribution in [0.2, 0.25) is 0 Å². The Bertz CT molecular complexity index is 2400. The summed E-state index contributed by atoms with van der Waals surface area (Å²) in [5.41, 5.74) is 6.32. The highest BCUT2D eigenvalue weighted by Crippen LogP contribution is 2.36. The summed E-state index contributed by atoms with van der Waals surface area (Å²) in [6.07, 6.45) is 5.34. The molecule has 0 spiro atoms. The lowest BCUT2D eigenvalue weighted by Crippen LogP contribution is -2.57. The van der Waals surface area contributed by atoms with E-state index in [-0.39, 0.29) is 49.1 Å². The number of alkyl carbamates (subject to hydrolysis) is 2. The molecular formula is C46H51N9O7. The van der Waals surface area contributed by atoms with Crippen LogP contribution in [-0.2, 0) is 30.5 Å². The van der Waals surface area contributed by atoms with Crippen LogP contribution in [0.5, 0.6) is 0 Å². The molecule has 322 valence electrons. The molecule has 4 atom stereocenters. The lowest BCUT2D eigenvalue weighted by atomic mass is 10.0. The topological polar surface area (TPSA) is 195 Å². The third-order valence-corrected chi connectivity index (χ3v) is 11.8. The van der Waals surface area contributed by atoms with Crippen molar-refractivity contribution in [2.75, 3.05) is 20.2 Å². The highest BCUT2D eigenvalue weighted by Gasteiger charge is 2.44. The molecule has 0 radical (unpaired) electrons. The summed E-state index contributed by atoms with van der Waals surface area (Å²) in [5, 5.41) is 8.37. The molecule has 3 aliphatic rings. The lowest BCUT2D eigenvalue weighted by molar-refractivity contribution is -0.174. The van der Waals surface area contributed by atoms with Gasteiger partial charge in [0.15, 0.2) is 0 Å². The average molecular weight is 842 g/mol. The number of aromatic nitrogens is 4. The van der Waals surface area contributed by atoms with Gasteiger partial charge in [-0.3, -0.25) is 19.4 Å². The average Bonchev–Trinajstić information content (AvgIpc) is 4.10. The number of hydrogen-bond acceptors (Lipinski definition) is 9. The maximum atomic E-state index is 14.0. The van der Waals surface area contributed by atoms with Crippen molar-refractivity contribution in [2.45, 2.75) is 83.1 Å². The molecule has 62 heavy (non-hydrogen) atoms. The van der Waals surface area contributed by atoms with Crippen molar-refractivity contribution >= 4 is 29.9 Å². The van der Waals surface area contributed by atoms with Crippen molar-refractivity contribution in [3.8, 4) is 33.6 Å². The first-order valence-electron chi connectivity index (χ1n) is 21.1. The van der Waals surface area contributed by atoms with E-state index in [0.29, 0.717) is 37.6 Å². The summed E-state index contributed by atoms with van der Waals surface area (Å²) < 4.78 is 10.1. The van der Waals surface area contributed by atoms with Gasteiger partial charge in [-0.15, -0.1) is 0 Å². The van der Waals surface area contributed by atoms with Crippen LogP contribution in [-0.4, -0.2) is 97.0 Å². The first kappa shape index (κ1) is 41.8. The van der Waals surface area contributed by atoms with Crippen LogP contribution in [0.3, 0.4) is 0 Å². The van der Waals surface area contributed by atoms with Gasteiger partial charge in [-0.2, -0.15) is 0 Å². The number of hydrogen-bond donors (Lipinski definition) is 4. The Kier molecular flexibility index (Phi) is 12.3. The number of H-pyrrole nitrogens is 2. The fourth-order valence-electron chi connectivity index (χ4n) is 8.51.